The SMILES string of the molecule is N[C@@H](CCC(=O)NC(=O)CC[C@H](N)C(=O)O)C(=O)O. The monoisotopic (exact) mass is 275 g/mol. The van der Waals surface area contributed by atoms with Crippen molar-refractivity contribution in [3.63, 3.8) is 0 Å². The molecule has 0 aromatic heterocycles. The first kappa shape index (κ1) is 17.0. The number of nitrogens with two attached hydrogens (primary N) is 2. The summed E-state index contributed by atoms with van der Waals surface area (Å²) in [5.41, 5.74) is 10.4. The highest BCUT2D eigenvalue weighted by atomic mass is 16.4. The van der Waals surface area contributed by atoms with E-state index in [4.69, 9.17) is 21.7 Å². The number of carbonyl (C=O) groups excluding carboxylic acids is 2. The molecule has 9 heteroatoms. The number of amides is 2. The zero-order valence-corrected chi connectivity index (χ0v) is 10.2. The number of carbonyl (C=O) groups is 4. The molecule has 0 rings (SSSR count). The first-order valence-electron chi connectivity index (χ1n) is 5.53. The third kappa shape index (κ3) is 7.84. The lowest BCUT2D eigenvalue weighted by molar-refractivity contribution is -0.139. The lowest BCUT2D eigenvalue weighted by Gasteiger charge is -2.08. The lowest BCUT2D eigenvalue weighted by atomic mass is 10.1. The van der Waals surface area contributed by atoms with Crippen molar-refractivity contribution in [2.75, 3.05) is 0 Å². The molecule has 0 heterocycles. The molecule has 0 saturated heterocycles. The zero-order chi connectivity index (χ0) is 15.0. The molecule has 0 bridgehead atoms. The Balaban J connectivity index is 3.90. The number of hydrogen-bond acceptors (Lipinski definition) is 6. The lowest BCUT2D eigenvalue weighted by Crippen LogP contribution is -2.36. The van der Waals surface area contributed by atoms with Crippen LogP contribution in [0, 0.1) is 0 Å². The number of imide groups is 1. The summed E-state index contributed by atoms with van der Waals surface area (Å²) in [6, 6.07) is -2.33. The first-order valence-corrected chi connectivity index (χ1v) is 5.53. The van der Waals surface area contributed by atoms with Crippen LogP contribution in [0.5, 0.6) is 0 Å². The third-order valence-electron chi connectivity index (χ3n) is 2.28. The van der Waals surface area contributed by atoms with Gasteiger partial charge in [-0.2, -0.15) is 0 Å². The van der Waals surface area contributed by atoms with Gasteiger partial charge >= 0.3 is 11.9 Å². The van der Waals surface area contributed by atoms with Gasteiger partial charge in [0, 0.05) is 12.8 Å². The largest absolute Gasteiger partial charge is 0.480 e. The fourth-order valence-electron chi connectivity index (χ4n) is 1.10. The molecule has 0 aromatic carbocycles. The second kappa shape index (κ2) is 8.16. The summed E-state index contributed by atoms with van der Waals surface area (Å²) < 4.78 is 0. The zero-order valence-electron chi connectivity index (χ0n) is 10.2. The molecule has 7 N–H and O–H groups in total. The highest BCUT2D eigenvalue weighted by molar-refractivity contribution is 5.95. The van der Waals surface area contributed by atoms with E-state index in [2.05, 4.69) is 0 Å². The maximum absolute atomic E-state index is 11.2. The molecule has 2 amide bonds. The van der Waals surface area contributed by atoms with Gasteiger partial charge in [0.15, 0.2) is 0 Å². The Labute approximate surface area is 108 Å². The summed E-state index contributed by atoms with van der Waals surface area (Å²) in [5.74, 6) is -3.78. The number of nitrogens with one attached hydrogen (secondary N) is 1. The van der Waals surface area contributed by atoms with Crippen molar-refractivity contribution < 1.29 is 29.4 Å². The number of hydrogen-bond donors (Lipinski definition) is 5. The van der Waals surface area contributed by atoms with Crippen LogP contribution < -0.4 is 16.8 Å². The van der Waals surface area contributed by atoms with E-state index in [9.17, 15) is 19.2 Å². The van der Waals surface area contributed by atoms with Crippen molar-refractivity contribution in [3.05, 3.63) is 0 Å². The van der Waals surface area contributed by atoms with Crippen LogP contribution in [0.25, 0.3) is 0 Å². The number of carboxylic acid groups (broad SMARTS) is 2. The van der Waals surface area contributed by atoms with E-state index < -0.39 is 35.8 Å². The van der Waals surface area contributed by atoms with Gasteiger partial charge in [0.1, 0.15) is 12.1 Å². The second-order valence-electron chi connectivity index (χ2n) is 3.94. The summed E-state index contributed by atoms with van der Waals surface area (Å²) in [7, 11) is 0. The van der Waals surface area contributed by atoms with E-state index in [1.165, 1.54) is 0 Å². The summed E-state index contributed by atoms with van der Waals surface area (Å²) in [5, 5.41) is 19.0. The standard InChI is InChI=1S/C10H17N3O6/c11-5(9(16)17)1-3-7(14)13-8(15)4-2-6(12)10(18)19/h5-6H,1-4,11-12H2,(H,16,17)(H,18,19)(H,13,14,15)/t5-,6-/m0/s1. The Morgan fingerprint density at radius 1 is 0.842 bits per heavy atom. The topological polar surface area (TPSA) is 173 Å². The molecule has 0 saturated carbocycles. The maximum Gasteiger partial charge on any atom is 0.320 e. The summed E-state index contributed by atoms with van der Waals surface area (Å²) in [6.07, 6.45) is -0.597. The Bertz CT molecular complexity index is 336. The maximum atomic E-state index is 11.2. The van der Waals surface area contributed by atoms with Crippen LogP contribution in [0.4, 0.5) is 0 Å². The van der Waals surface area contributed by atoms with E-state index in [1.807, 2.05) is 5.32 Å². The molecule has 0 aliphatic carbocycles. The highest BCUT2D eigenvalue weighted by Crippen LogP contribution is 1.97. The van der Waals surface area contributed by atoms with Crippen molar-refractivity contribution in [2.45, 2.75) is 37.8 Å². The van der Waals surface area contributed by atoms with E-state index >= 15 is 0 Å². The van der Waals surface area contributed by atoms with Gasteiger partial charge in [-0.05, 0) is 12.8 Å². The second-order valence-corrected chi connectivity index (χ2v) is 3.94. The summed E-state index contributed by atoms with van der Waals surface area (Å²) in [6.45, 7) is 0. The minimum Gasteiger partial charge on any atom is -0.480 e. The predicted molar refractivity (Wildman–Crippen MR) is 62.8 cm³/mol. The van der Waals surface area contributed by atoms with Crippen LogP contribution in [0.15, 0.2) is 0 Å². The molecule has 0 aromatic rings. The van der Waals surface area contributed by atoms with Crippen LogP contribution in [0.1, 0.15) is 25.7 Å². The van der Waals surface area contributed by atoms with Crippen molar-refractivity contribution in [1.29, 1.82) is 0 Å². The molecule has 0 unspecified atom stereocenters. The van der Waals surface area contributed by atoms with Crippen LogP contribution >= 0.6 is 0 Å². The summed E-state index contributed by atoms with van der Waals surface area (Å²) >= 11 is 0. The van der Waals surface area contributed by atoms with Crippen molar-refractivity contribution in [1.82, 2.24) is 5.32 Å². The highest BCUT2D eigenvalue weighted by Gasteiger charge is 2.17. The average Bonchev–Trinajstić information content (AvgIpc) is 2.32. The quantitative estimate of drug-likeness (QED) is 0.338. The minimum absolute atomic E-state index is 0.0942. The Kier molecular flexibility index (Phi) is 7.30. The van der Waals surface area contributed by atoms with Gasteiger partial charge in [-0.1, -0.05) is 0 Å². The molecular formula is C10H17N3O6. The van der Waals surface area contributed by atoms with Crippen molar-refractivity contribution >= 4 is 23.8 Å². The van der Waals surface area contributed by atoms with Gasteiger partial charge < -0.3 is 21.7 Å². The average molecular weight is 275 g/mol. The third-order valence-corrected chi connectivity index (χ3v) is 2.28. The number of rotatable bonds is 8. The van der Waals surface area contributed by atoms with Crippen LogP contribution in [0.3, 0.4) is 0 Å². The van der Waals surface area contributed by atoms with Gasteiger partial charge in [0.05, 0.1) is 0 Å². The Morgan fingerprint density at radius 2 is 1.16 bits per heavy atom. The van der Waals surface area contributed by atoms with Gasteiger partial charge in [-0.25, -0.2) is 0 Å². The van der Waals surface area contributed by atoms with Gasteiger partial charge in [-0.3, -0.25) is 24.5 Å². The fourth-order valence-corrected chi connectivity index (χ4v) is 1.10. The molecule has 2 atom stereocenters. The summed E-state index contributed by atoms with van der Waals surface area (Å²) in [4.78, 5) is 43.2. The van der Waals surface area contributed by atoms with Crippen LogP contribution in [-0.2, 0) is 19.2 Å². The van der Waals surface area contributed by atoms with Crippen LogP contribution in [0.2, 0.25) is 0 Å². The van der Waals surface area contributed by atoms with Gasteiger partial charge in [0.2, 0.25) is 11.8 Å². The fraction of sp³-hybridized carbons (Fsp3) is 0.600. The minimum atomic E-state index is -1.23. The molecular weight excluding hydrogens is 258 g/mol. The molecule has 0 aliphatic heterocycles. The Hall–Kier alpha value is -2.00. The van der Waals surface area contributed by atoms with Crippen molar-refractivity contribution in [2.24, 2.45) is 11.5 Å². The van der Waals surface area contributed by atoms with E-state index in [-0.39, 0.29) is 25.7 Å². The molecule has 0 aliphatic rings. The number of aliphatic carboxylic acids is 2. The molecule has 0 radical (unpaired) electrons. The molecule has 0 spiro atoms. The molecule has 9 nitrogen and oxygen atoms in total. The smallest absolute Gasteiger partial charge is 0.320 e. The van der Waals surface area contributed by atoms with E-state index in [1.54, 1.807) is 0 Å². The predicted octanol–water partition coefficient (Wildman–Crippen LogP) is -1.99. The number of carboxylic acids is 2. The first-order chi connectivity index (χ1) is 8.73. The van der Waals surface area contributed by atoms with Gasteiger partial charge in [0.25, 0.3) is 0 Å². The van der Waals surface area contributed by atoms with Crippen LogP contribution in [-0.4, -0.2) is 46.0 Å². The molecule has 108 valence electrons. The molecule has 19 heavy (non-hydrogen) atoms. The normalized spacial score (nSPS) is 13.4. The Morgan fingerprint density at radius 3 is 1.42 bits per heavy atom. The van der Waals surface area contributed by atoms with Gasteiger partial charge in [-0.15, -0.1) is 0 Å². The van der Waals surface area contributed by atoms with E-state index in [0.717, 1.165) is 0 Å². The van der Waals surface area contributed by atoms with Crippen molar-refractivity contribution in [3.8, 4) is 0 Å². The molecule has 0 fully saturated rings. The van der Waals surface area contributed by atoms with E-state index in [0.29, 0.717) is 0 Å².